The summed E-state index contributed by atoms with van der Waals surface area (Å²) in [5.41, 5.74) is 2.64. The minimum Gasteiger partial charge on any atom is -0.494 e. The van der Waals surface area contributed by atoms with E-state index in [0.29, 0.717) is 12.6 Å². The van der Waals surface area contributed by atoms with Gasteiger partial charge in [0.2, 0.25) is 0 Å². The number of halogens is 1. The molecule has 2 aliphatic rings. The summed E-state index contributed by atoms with van der Waals surface area (Å²) in [6.45, 7) is 7.28. The molecule has 2 atom stereocenters. The molecule has 34 heavy (non-hydrogen) atoms. The molecule has 1 saturated heterocycles. The quantitative estimate of drug-likeness (QED) is 0.345. The molecule has 0 aliphatic carbocycles. The third kappa shape index (κ3) is 6.04. The van der Waals surface area contributed by atoms with Gasteiger partial charge in [0.05, 0.1) is 18.2 Å². The molecule has 2 aromatic carbocycles. The topological polar surface area (TPSA) is 41.9 Å². The summed E-state index contributed by atoms with van der Waals surface area (Å²) >= 11 is 1.91. The lowest BCUT2D eigenvalue weighted by atomic mass is 10.0. The summed E-state index contributed by atoms with van der Waals surface area (Å²) in [7, 11) is 0. The zero-order valence-corrected chi connectivity index (χ0v) is 22.4. The average Bonchev–Trinajstić information content (AvgIpc) is 3.39. The second-order valence-electron chi connectivity index (χ2n) is 9.34. The second-order valence-corrected chi connectivity index (χ2v) is 10.7. The van der Waals surface area contributed by atoms with Crippen LogP contribution in [0, 0.1) is 0 Å². The van der Waals surface area contributed by atoms with E-state index in [2.05, 4.69) is 61.2 Å². The third-order valence-corrected chi connectivity index (χ3v) is 8.42. The number of likely N-dealkylation sites (tertiary alicyclic amines) is 1. The first kappa shape index (κ1) is 27.2. The Morgan fingerprint density at radius 1 is 1.06 bits per heavy atom. The lowest BCUT2D eigenvalue weighted by Gasteiger charge is -2.28. The van der Waals surface area contributed by atoms with E-state index in [-0.39, 0.29) is 30.1 Å². The van der Waals surface area contributed by atoms with Gasteiger partial charge in [-0.3, -0.25) is 4.90 Å². The molecule has 0 bridgehead atoms. The van der Waals surface area contributed by atoms with Gasteiger partial charge < -0.3 is 14.6 Å². The smallest absolute Gasteiger partial charge is 0.159 e. The Morgan fingerprint density at radius 2 is 1.79 bits per heavy atom. The van der Waals surface area contributed by atoms with Crippen LogP contribution in [0.4, 0.5) is 0 Å². The molecule has 2 heterocycles. The van der Waals surface area contributed by atoms with E-state index >= 15 is 0 Å². The van der Waals surface area contributed by atoms with Crippen molar-refractivity contribution in [3.63, 3.8) is 0 Å². The van der Waals surface area contributed by atoms with Crippen molar-refractivity contribution >= 4 is 24.2 Å². The van der Waals surface area contributed by atoms with Crippen LogP contribution in [0.15, 0.2) is 47.4 Å². The first-order valence-corrected chi connectivity index (χ1v) is 13.5. The van der Waals surface area contributed by atoms with Gasteiger partial charge in [0.1, 0.15) is 11.5 Å². The van der Waals surface area contributed by atoms with E-state index in [1.807, 2.05) is 18.7 Å². The van der Waals surface area contributed by atoms with E-state index in [1.165, 1.54) is 16.0 Å². The van der Waals surface area contributed by atoms with E-state index in [4.69, 9.17) is 9.47 Å². The Hall–Kier alpha value is -1.40. The van der Waals surface area contributed by atoms with Crippen LogP contribution in [-0.4, -0.2) is 34.3 Å². The second kappa shape index (κ2) is 12.5. The molecule has 6 heteroatoms. The molecule has 1 N–H and O–H groups in total. The zero-order valence-electron chi connectivity index (χ0n) is 20.8. The van der Waals surface area contributed by atoms with Crippen molar-refractivity contribution < 1.29 is 14.6 Å². The fourth-order valence-electron chi connectivity index (χ4n) is 5.48. The number of rotatable bonds is 11. The predicted octanol–water partition coefficient (Wildman–Crippen LogP) is 7.38. The van der Waals surface area contributed by atoms with E-state index in [9.17, 15) is 5.11 Å². The zero-order chi connectivity index (χ0) is 23.3. The maximum atomic E-state index is 10.3. The highest BCUT2D eigenvalue weighted by Crippen LogP contribution is 2.53. The van der Waals surface area contributed by atoms with Crippen molar-refractivity contribution in [2.24, 2.45) is 0 Å². The van der Waals surface area contributed by atoms with Crippen LogP contribution >= 0.6 is 24.2 Å². The van der Waals surface area contributed by atoms with Crippen LogP contribution in [0.5, 0.6) is 11.5 Å². The number of aliphatic hydroxyl groups excluding tert-OH is 1. The predicted molar refractivity (Wildman–Crippen MR) is 143 cm³/mol. The molecule has 0 saturated carbocycles. The molecule has 188 valence electrons. The Morgan fingerprint density at radius 3 is 2.44 bits per heavy atom. The van der Waals surface area contributed by atoms with Crippen LogP contribution in [0.25, 0.3) is 0 Å². The molecule has 4 nitrogen and oxygen atoms in total. The fraction of sp³-hybridized carbons (Fsp3) is 0.571. The van der Waals surface area contributed by atoms with Gasteiger partial charge >= 0.3 is 0 Å². The Labute approximate surface area is 215 Å². The van der Waals surface area contributed by atoms with E-state index in [0.717, 1.165) is 62.9 Å². The summed E-state index contributed by atoms with van der Waals surface area (Å²) in [5.74, 6) is 1.96. The minimum absolute atomic E-state index is 0. The van der Waals surface area contributed by atoms with Crippen molar-refractivity contribution in [2.45, 2.75) is 94.1 Å². The normalized spacial score (nSPS) is 21.1. The molecule has 0 amide bonds. The standard InChI is InChI=1S/C28H39NO3S.ClH/c1-4-17-28(18-5-2)32-26-16-10-22(19-27(26)33-28)25-15-12-23(29(25)20-30)11-7-21-8-13-24(14-9-21)31-6-3;/h8-10,13-14,16,19,23,25,30H,4-7,11-12,15,17-18,20H2,1-3H3;1H. The van der Waals surface area contributed by atoms with Crippen molar-refractivity contribution in [3.05, 3.63) is 53.6 Å². The lowest BCUT2D eigenvalue weighted by Crippen LogP contribution is -2.32. The Bertz CT molecular complexity index is 901. The van der Waals surface area contributed by atoms with Gasteiger partial charge in [0, 0.05) is 12.1 Å². The monoisotopic (exact) mass is 505 g/mol. The Balaban J connectivity index is 0.00000324. The van der Waals surface area contributed by atoms with Crippen LogP contribution in [0.2, 0.25) is 0 Å². The van der Waals surface area contributed by atoms with Crippen molar-refractivity contribution in [1.82, 2.24) is 4.90 Å². The van der Waals surface area contributed by atoms with Crippen molar-refractivity contribution in [2.75, 3.05) is 13.3 Å². The minimum atomic E-state index is -0.100. The van der Waals surface area contributed by atoms with Gasteiger partial charge in [-0.2, -0.15) is 0 Å². The summed E-state index contributed by atoms with van der Waals surface area (Å²) < 4.78 is 12.0. The maximum absolute atomic E-state index is 10.3. The number of thioether (sulfide) groups is 1. The number of aryl methyl sites for hydroxylation is 1. The summed E-state index contributed by atoms with van der Waals surface area (Å²) in [6.07, 6.45) is 8.71. The molecule has 2 aromatic rings. The largest absolute Gasteiger partial charge is 0.494 e. The number of ether oxygens (including phenoxy) is 2. The maximum Gasteiger partial charge on any atom is 0.159 e. The number of aliphatic hydroxyl groups is 1. The SMILES string of the molecule is CCCC1(CCC)Oc2ccc(C3CCC(CCc4ccc(OCC)cc4)N3CO)cc2S1.Cl. The lowest BCUT2D eigenvalue weighted by molar-refractivity contribution is 0.0596. The van der Waals surface area contributed by atoms with Gasteiger partial charge in [-0.1, -0.05) is 56.7 Å². The van der Waals surface area contributed by atoms with Crippen LogP contribution in [0.1, 0.15) is 82.9 Å². The molecule has 2 aliphatic heterocycles. The van der Waals surface area contributed by atoms with Crippen molar-refractivity contribution in [1.29, 1.82) is 0 Å². The van der Waals surface area contributed by atoms with Gasteiger partial charge in [-0.25, -0.2) is 0 Å². The van der Waals surface area contributed by atoms with Crippen LogP contribution < -0.4 is 9.47 Å². The molecule has 1 fully saturated rings. The first-order valence-electron chi connectivity index (χ1n) is 12.7. The number of nitrogens with zero attached hydrogens (tertiary/aromatic N) is 1. The van der Waals surface area contributed by atoms with Gasteiger partial charge in [0.25, 0.3) is 0 Å². The van der Waals surface area contributed by atoms with E-state index in [1.54, 1.807) is 0 Å². The van der Waals surface area contributed by atoms with E-state index < -0.39 is 0 Å². The first-order chi connectivity index (χ1) is 16.1. The highest BCUT2D eigenvalue weighted by molar-refractivity contribution is 8.00. The molecule has 0 spiro atoms. The summed E-state index contributed by atoms with van der Waals surface area (Å²) in [6, 6.07) is 15.8. The molecule has 4 rings (SSSR count). The third-order valence-electron chi connectivity index (χ3n) is 7.01. The number of benzene rings is 2. The molecule has 0 aromatic heterocycles. The number of fused-ring (bicyclic) bond motifs is 1. The number of hydrogen-bond donors (Lipinski definition) is 1. The summed E-state index contributed by atoms with van der Waals surface area (Å²) in [5, 5.41) is 10.3. The van der Waals surface area contributed by atoms with Crippen molar-refractivity contribution in [3.8, 4) is 11.5 Å². The molecular weight excluding hydrogens is 466 g/mol. The van der Waals surface area contributed by atoms with Crippen LogP contribution in [-0.2, 0) is 6.42 Å². The highest BCUT2D eigenvalue weighted by atomic mass is 35.5. The summed E-state index contributed by atoms with van der Waals surface area (Å²) in [4.78, 5) is 3.46. The van der Waals surface area contributed by atoms with Gasteiger partial charge in [-0.05, 0) is 80.8 Å². The number of hydrogen-bond acceptors (Lipinski definition) is 5. The molecular formula is C28H40ClNO3S. The Kier molecular flexibility index (Phi) is 10.0. The van der Waals surface area contributed by atoms with Gasteiger partial charge in [-0.15, -0.1) is 12.4 Å². The molecule has 2 unspecified atom stereocenters. The molecule has 0 radical (unpaired) electrons. The van der Waals surface area contributed by atoms with Gasteiger partial charge in [0.15, 0.2) is 4.93 Å². The van der Waals surface area contributed by atoms with Crippen LogP contribution in [0.3, 0.4) is 0 Å². The average molecular weight is 506 g/mol. The highest BCUT2D eigenvalue weighted by Gasteiger charge is 2.40. The fourth-order valence-corrected chi connectivity index (χ4v) is 7.03.